The molecule has 0 spiro atoms. The number of nitrogens with one attached hydrogen (secondary N) is 1. The molecule has 76 valence electrons. The Morgan fingerprint density at radius 1 is 1.29 bits per heavy atom. The lowest BCUT2D eigenvalue weighted by molar-refractivity contribution is -0.0167. The van der Waals surface area contributed by atoms with Gasteiger partial charge in [0.05, 0.1) is 6.61 Å². The van der Waals surface area contributed by atoms with Gasteiger partial charge in [-0.25, -0.2) is 0 Å². The average molecular weight is 191 g/mol. The summed E-state index contributed by atoms with van der Waals surface area (Å²) < 4.78 is 5.66. The molecule has 1 aliphatic heterocycles. The lowest BCUT2D eigenvalue weighted by Crippen LogP contribution is -2.38. The lowest BCUT2D eigenvalue weighted by Gasteiger charge is -2.29. The third kappa shape index (κ3) is 2.14. The molecule has 0 aliphatic carbocycles. The van der Waals surface area contributed by atoms with Crippen molar-refractivity contribution in [3.63, 3.8) is 0 Å². The molecule has 0 aromatic heterocycles. The molecule has 2 nitrogen and oxygen atoms in total. The van der Waals surface area contributed by atoms with E-state index in [0.29, 0.717) is 6.04 Å². The Morgan fingerprint density at radius 3 is 2.64 bits per heavy atom. The maximum Gasteiger partial charge on any atom is 0.134 e. The predicted molar refractivity (Wildman–Crippen MR) is 57.1 cm³/mol. The van der Waals surface area contributed by atoms with E-state index < -0.39 is 0 Å². The summed E-state index contributed by atoms with van der Waals surface area (Å²) in [6.07, 6.45) is 1.18. The fraction of sp³-hybridized carbons (Fsp3) is 0.500. The van der Waals surface area contributed by atoms with E-state index in [1.807, 2.05) is 0 Å². The number of benzene rings is 1. The average Bonchev–Trinajstić information content (AvgIpc) is 2.19. The first-order chi connectivity index (χ1) is 6.75. The molecule has 0 bridgehead atoms. The van der Waals surface area contributed by atoms with Crippen molar-refractivity contribution in [1.82, 2.24) is 5.32 Å². The first-order valence-corrected chi connectivity index (χ1v) is 5.20. The summed E-state index contributed by atoms with van der Waals surface area (Å²) in [7, 11) is 0. The zero-order valence-electron chi connectivity index (χ0n) is 8.79. The van der Waals surface area contributed by atoms with Gasteiger partial charge in [0, 0.05) is 6.04 Å². The van der Waals surface area contributed by atoms with Crippen molar-refractivity contribution in [2.24, 2.45) is 0 Å². The monoisotopic (exact) mass is 191 g/mol. The van der Waals surface area contributed by atoms with Gasteiger partial charge in [-0.05, 0) is 25.8 Å². The van der Waals surface area contributed by atoms with Gasteiger partial charge in [0.2, 0.25) is 0 Å². The number of hydrogen-bond donors (Lipinski definition) is 1. The van der Waals surface area contributed by atoms with Crippen LogP contribution in [0.5, 0.6) is 0 Å². The molecule has 0 amide bonds. The molecular weight excluding hydrogens is 174 g/mol. The van der Waals surface area contributed by atoms with Gasteiger partial charge in [0.1, 0.15) is 6.23 Å². The third-order valence-electron chi connectivity index (χ3n) is 2.65. The van der Waals surface area contributed by atoms with Gasteiger partial charge in [-0.3, -0.25) is 5.32 Å². The minimum atomic E-state index is 0.0827. The summed E-state index contributed by atoms with van der Waals surface area (Å²) in [5.41, 5.74) is 2.51. The van der Waals surface area contributed by atoms with E-state index in [0.717, 1.165) is 13.0 Å². The van der Waals surface area contributed by atoms with Crippen LogP contribution in [-0.4, -0.2) is 12.6 Å². The van der Waals surface area contributed by atoms with Crippen molar-refractivity contribution in [1.29, 1.82) is 0 Å². The molecule has 0 radical (unpaired) electrons. The molecule has 1 aromatic carbocycles. The standard InChI is InChI=1S/C12H17NO/c1-9-3-5-11(6-4-9)12-13-10(2)7-8-14-12/h3-6,10,12-13H,7-8H2,1-2H3/t10-,12-/m0/s1. The largest absolute Gasteiger partial charge is 0.359 e. The summed E-state index contributed by atoms with van der Waals surface area (Å²) in [4.78, 5) is 0. The quantitative estimate of drug-likeness (QED) is 0.736. The summed E-state index contributed by atoms with van der Waals surface area (Å²) in [5.74, 6) is 0. The molecule has 0 unspecified atom stereocenters. The van der Waals surface area contributed by atoms with Crippen LogP contribution >= 0.6 is 0 Å². The fourth-order valence-corrected chi connectivity index (χ4v) is 1.69. The smallest absolute Gasteiger partial charge is 0.134 e. The molecule has 2 atom stereocenters. The van der Waals surface area contributed by atoms with Gasteiger partial charge in [0.15, 0.2) is 0 Å². The van der Waals surface area contributed by atoms with E-state index in [2.05, 4.69) is 43.4 Å². The summed E-state index contributed by atoms with van der Waals surface area (Å²) in [6.45, 7) is 5.15. The molecule has 1 heterocycles. The highest BCUT2D eigenvalue weighted by atomic mass is 16.5. The molecule has 14 heavy (non-hydrogen) atoms. The van der Waals surface area contributed by atoms with Crippen LogP contribution in [0.2, 0.25) is 0 Å². The molecule has 2 rings (SSSR count). The number of aryl methyl sites for hydroxylation is 1. The number of hydrogen-bond acceptors (Lipinski definition) is 2. The van der Waals surface area contributed by atoms with E-state index in [1.54, 1.807) is 0 Å². The van der Waals surface area contributed by atoms with Gasteiger partial charge < -0.3 is 4.74 Å². The van der Waals surface area contributed by atoms with Crippen molar-refractivity contribution >= 4 is 0 Å². The van der Waals surface area contributed by atoms with Crippen LogP contribution in [0, 0.1) is 6.92 Å². The molecule has 2 heteroatoms. The minimum absolute atomic E-state index is 0.0827. The van der Waals surface area contributed by atoms with Crippen LogP contribution in [0.4, 0.5) is 0 Å². The maximum absolute atomic E-state index is 5.66. The summed E-state index contributed by atoms with van der Waals surface area (Å²) in [5, 5.41) is 3.43. The Labute approximate surface area is 85.3 Å². The van der Waals surface area contributed by atoms with Gasteiger partial charge in [-0.1, -0.05) is 29.8 Å². The van der Waals surface area contributed by atoms with Crippen molar-refractivity contribution in [2.45, 2.75) is 32.5 Å². The minimum Gasteiger partial charge on any atom is -0.359 e. The lowest BCUT2D eigenvalue weighted by atomic mass is 10.1. The highest BCUT2D eigenvalue weighted by Gasteiger charge is 2.19. The first-order valence-electron chi connectivity index (χ1n) is 5.20. The predicted octanol–water partition coefficient (Wildman–Crippen LogP) is 2.39. The van der Waals surface area contributed by atoms with Gasteiger partial charge >= 0.3 is 0 Å². The summed E-state index contributed by atoms with van der Waals surface area (Å²) >= 11 is 0. The van der Waals surface area contributed by atoms with E-state index in [1.165, 1.54) is 11.1 Å². The second kappa shape index (κ2) is 4.11. The summed E-state index contributed by atoms with van der Waals surface area (Å²) in [6, 6.07) is 9.06. The Balaban J connectivity index is 2.10. The van der Waals surface area contributed by atoms with Gasteiger partial charge in [0.25, 0.3) is 0 Å². The Bertz CT molecular complexity index is 294. The molecule has 0 saturated carbocycles. The van der Waals surface area contributed by atoms with E-state index in [9.17, 15) is 0 Å². The van der Waals surface area contributed by atoms with Crippen molar-refractivity contribution < 1.29 is 4.74 Å². The van der Waals surface area contributed by atoms with Crippen molar-refractivity contribution in [2.75, 3.05) is 6.61 Å². The molecule has 1 aromatic rings. The van der Waals surface area contributed by atoms with Crippen LogP contribution < -0.4 is 5.32 Å². The Hall–Kier alpha value is -0.860. The molecule has 1 aliphatic rings. The van der Waals surface area contributed by atoms with Crippen molar-refractivity contribution in [3.05, 3.63) is 35.4 Å². The molecule has 1 saturated heterocycles. The molecular formula is C12H17NO. The second-order valence-corrected chi connectivity index (χ2v) is 4.02. The highest BCUT2D eigenvalue weighted by molar-refractivity contribution is 5.23. The van der Waals surface area contributed by atoms with E-state index in [-0.39, 0.29) is 6.23 Å². The Morgan fingerprint density at radius 2 is 2.00 bits per heavy atom. The SMILES string of the molecule is Cc1ccc([C@H]2N[C@@H](C)CCO2)cc1. The zero-order chi connectivity index (χ0) is 9.97. The number of rotatable bonds is 1. The molecule has 1 N–H and O–H groups in total. The van der Waals surface area contributed by atoms with Gasteiger partial charge in [-0.2, -0.15) is 0 Å². The van der Waals surface area contributed by atoms with Crippen LogP contribution in [0.1, 0.15) is 30.7 Å². The van der Waals surface area contributed by atoms with Crippen molar-refractivity contribution in [3.8, 4) is 0 Å². The fourth-order valence-electron chi connectivity index (χ4n) is 1.69. The topological polar surface area (TPSA) is 21.3 Å². The zero-order valence-corrected chi connectivity index (χ0v) is 8.79. The Kier molecular flexibility index (Phi) is 2.85. The normalized spacial score (nSPS) is 27.6. The number of ether oxygens (including phenoxy) is 1. The van der Waals surface area contributed by atoms with Crippen LogP contribution in [0.15, 0.2) is 24.3 Å². The van der Waals surface area contributed by atoms with Gasteiger partial charge in [-0.15, -0.1) is 0 Å². The third-order valence-corrected chi connectivity index (χ3v) is 2.65. The van der Waals surface area contributed by atoms with E-state index in [4.69, 9.17) is 4.74 Å². The maximum atomic E-state index is 5.66. The highest BCUT2D eigenvalue weighted by Crippen LogP contribution is 2.20. The van der Waals surface area contributed by atoms with Crippen LogP contribution in [0.3, 0.4) is 0 Å². The van der Waals surface area contributed by atoms with Crippen LogP contribution in [0.25, 0.3) is 0 Å². The second-order valence-electron chi connectivity index (χ2n) is 4.02. The molecule has 1 fully saturated rings. The van der Waals surface area contributed by atoms with E-state index >= 15 is 0 Å². The first kappa shape index (κ1) is 9.69. The van der Waals surface area contributed by atoms with Crippen LogP contribution in [-0.2, 0) is 4.74 Å².